The summed E-state index contributed by atoms with van der Waals surface area (Å²) in [5.41, 5.74) is 1.75. The molecule has 84 valence electrons. The normalized spacial score (nSPS) is 10.9. The molecule has 4 heteroatoms. The quantitative estimate of drug-likeness (QED) is 0.657. The third-order valence-electron chi connectivity index (χ3n) is 2.72. The number of fused-ring (bicyclic) bond motifs is 1. The van der Waals surface area contributed by atoms with E-state index in [2.05, 4.69) is 4.98 Å². The number of nitrogens with zero attached hydrogens (tertiary/aromatic N) is 2. The Hall–Kier alpha value is -1.94. The maximum Gasteiger partial charge on any atom is 0.263 e. The highest BCUT2D eigenvalue weighted by molar-refractivity contribution is 7.09. The van der Waals surface area contributed by atoms with E-state index in [0.717, 1.165) is 22.2 Å². The Morgan fingerprint density at radius 2 is 2.12 bits per heavy atom. The molecule has 0 saturated carbocycles. The maximum atomic E-state index is 12.2. The number of aromatic nitrogens is 2. The van der Waals surface area contributed by atoms with Crippen molar-refractivity contribution in [2.45, 2.75) is 6.92 Å². The van der Waals surface area contributed by atoms with Crippen LogP contribution < -0.4 is 5.56 Å². The largest absolute Gasteiger partial charge is 0.282 e. The predicted molar refractivity (Wildman–Crippen MR) is 70.0 cm³/mol. The molecule has 3 nitrogen and oxygen atoms in total. The lowest BCUT2D eigenvalue weighted by atomic mass is 10.2. The molecule has 0 aromatic carbocycles. The molecule has 0 aliphatic carbocycles. The molecule has 0 N–H and O–H groups in total. The van der Waals surface area contributed by atoms with Crippen LogP contribution in [0, 0.1) is 6.92 Å². The summed E-state index contributed by atoms with van der Waals surface area (Å²) in [6, 6.07) is 5.76. The Balaban J connectivity index is 2.27. The highest BCUT2D eigenvalue weighted by Gasteiger charge is 2.05. The lowest BCUT2D eigenvalue weighted by molar-refractivity contribution is 0.989. The van der Waals surface area contributed by atoms with Gasteiger partial charge < -0.3 is 0 Å². The van der Waals surface area contributed by atoms with Gasteiger partial charge in [-0.3, -0.25) is 14.3 Å². The van der Waals surface area contributed by atoms with Crippen LogP contribution >= 0.6 is 11.3 Å². The fraction of sp³-hybridized carbons (Fsp3) is 0.0769. The monoisotopic (exact) mass is 242 g/mol. The zero-order valence-electron chi connectivity index (χ0n) is 9.25. The van der Waals surface area contributed by atoms with Gasteiger partial charge in [0.05, 0.1) is 17.3 Å². The van der Waals surface area contributed by atoms with E-state index in [1.54, 1.807) is 28.3 Å². The van der Waals surface area contributed by atoms with Gasteiger partial charge in [0.2, 0.25) is 0 Å². The summed E-state index contributed by atoms with van der Waals surface area (Å²) in [4.78, 5) is 16.4. The van der Waals surface area contributed by atoms with E-state index in [4.69, 9.17) is 0 Å². The van der Waals surface area contributed by atoms with E-state index in [1.807, 2.05) is 35.9 Å². The molecule has 3 heterocycles. The maximum absolute atomic E-state index is 12.2. The molecule has 0 amide bonds. The highest BCUT2D eigenvalue weighted by Crippen LogP contribution is 2.15. The summed E-state index contributed by atoms with van der Waals surface area (Å²) in [6.45, 7) is 1.93. The first-order valence-corrected chi connectivity index (χ1v) is 6.20. The van der Waals surface area contributed by atoms with Crippen LogP contribution in [0.2, 0.25) is 0 Å². The first-order chi connectivity index (χ1) is 8.25. The van der Waals surface area contributed by atoms with Gasteiger partial charge in [-0.1, -0.05) is 0 Å². The Kier molecular flexibility index (Phi) is 2.30. The van der Waals surface area contributed by atoms with Crippen molar-refractivity contribution in [3.63, 3.8) is 0 Å². The van der Waals surface area contributed by atoms with Crippen molar-refractivity contribution < 1.29 is 0 Å². The molecule has 0 atom stereocenters. The van der Waals surface area contributed by atoms with E-state index in [1.165, 1.54) is 0 Å². The topological polar surface area (TPSA) is 34.9 Å². The van der Waals surface area contributed by atoms with Gasteiger partial charge in [-0.2, -0.15) is 11.3 Å². The Labute approximate surface area is 102 Å². The molecule has 0 saturated heterocycles. The second kappa shape index (κ2) is 3.82. The molecule has 0 aliphatic rings. The van der Waals surface area contributed by atoms with Crippen LogP contribution in [0.1, 0.15) is 5.69 Å². The van der Waals surface area contributed by atoms with Gasteiger partial charge in [0.15, 0.2) is 0 Å². The van der Waals surface area contributed by atoms with E-state index < -0.39 is 0 Å². The highest BCUT2D eigenvalue weighted by atomic mass is 32.1. The molecule has 0 radical (unpaired) electrons. The summed E-state index contributed by atoms with van der Waals surface area (Å²) in [5.74, 6) is 0. The van der Waals surface area contributed by atoms with Crippen LogP contribution in [-0.4, -0.2) is 9.55 Å². The van der Waals surface area contributed by atoms with Crippen molar-refractivity contribution in [3.8, 4) is 5.69 Å². The minimum absolute atomic E-state index is 0.00871. The third kappa shape index (κ3) is 1.66. The molecule has 3 aromatic rings. The van der Waals surface area contributed by atoms with Gasteiger partial charge in [0.25, 0.3) is 5.56 Å². The van der Waals surface area contributed by atoms with Crippen LogP contribution in [0.25, 0.3) is 16.5 Å². The SMILES string of the molecule is Cc1ccc(-n2ccc3cscc3c2=O)cn1. The minimum Gasteiger partial charge on any atom is -0.282 e. The van der Waals surface area contributed by atoms with Gasteiger partial charge in [-0.05, 0) is 35.9 Å². The zero-order valence-corrected chi connectivity index (χ0v) is 10.1. The molecule has 3 aromatic heterocycles. The number of pyridine rings is 2. The molecule has 3 rings (SSSR count). The van der Waals surface area contributed by atoms with Crippen LogP contribution in [0.3, 0.4) is 0 Å². The number of hydrogen-bond acceptors (Lipinski definition) is 3. The van der Waals surface area contributed by atoms with Crippen molar-refractivity contribution in [2.75, 3.05) is 0 Å². The van der Waals surface area contributed by atoms with E-state index in [-0.39, 0.29) is 5.56 Å². The molecular formula is C13H10N2OS. The van der Waals surface area contributed by atoms with Crippen LogP contribution in [-0.2, 0) is 0 Å². The number of rotatable bonds is 1. The number of aryl methyl sites for hydroxylation is 1. The lowest BCUT2D eigenvalue weighted by Gasteiger charge is -2.05. The minimum atomic E-state index is 0.00871. The second-order valence-corrected chi connectivity index (χ2v) is 4.63. The Morgan fingerprint density at radius 3 is 2.88 bits per heavy atom. The lowest BCUT2D eigenvalue weighted by Crippen LogP contribution is -2.16. The fourth-order valence-corrected chi connectivity index (χ4v) is 2.56. The Morgan fingerprint density at radius 1 is 1.24 bits per heavy atom. The predicted octanol–water partition coefficient (Wildman–Crippen LogP) is 2.76. The molecule has 0 unspecified atom stereocenters. The summed E-state index contributed by atoms with van der Waals surface area (Å²) >= 11 is 1.54. The van der Waals surface area contributed by atoms with Gasteiger partial charge in [-0.15, -0.1) is 0 Å². The number of thiophene rings is 1. The molecule has 0 fully saturated rings. The van der Waals surface area contributed by atoms with Crippen molar-refractivity contribution in [1.29, 1.82) is 0 Å². The van der Waals surface area contributed by atoms with Gasteiger partial charge in [0, 0.05) is 17.3 Å². The van der Waals surface area contributed by atoms with Gasteiger partial charge in [0.1, 0.15) is 0 Å². The first kappa shape index (κ1) is 10.2. The van der Waals surface area contributed by atoms with Crippen molar-refractivity contribution in [2.24, 2.45) is 0 Å². The first-order valence-electron chi connectivity index (χ1n) is 5.26. The van der Waals surface area contributed by atoms with Crippen LogP contribution in [0.4, 0.5) is 0 Å². The van der Waals surface area contributed by atoms with Crippen molar-refractivity contribution in [3.05, 3.63) is 57.4 Å². The second-order valence-electron chi connectivity index (χ2n) is 3.89. The summed E-state index contributed by atoms with van der Waals surface area (Å²) in [5, 5.41) is 5.62. The zero-order chi connectivity index (χ0) is 11.8. The Bertz CT molecular complexity index is 725. The van der Waals surface area contributed by atoms with Gasteiger partial charge >= 0.3 is 0 Å². The van der Waals surface area contributed by atoms with Crippen molar-refractivity contribution >= 4 is 22.1 Å². The fourth-order valence-electron chi connectivity index (χ4n) is 1.77. The summed E-state index contributed by atoms with van der Waals surface area (Å²) in [6.07, 6.45) is 3.51. The average molecular weight is 242 g/mol. The number of hydrogen-bond donors (Lipinski definition) is 0. The van der Waals surface area contributed by atoms with Crippen LogP contribution in [0.15, 0.2) is 46.1 Å². The van der Waals surface area contributed by atoms with Crippen molar-refractivity contribution in [1.82, 2.24) is 9.55 Å². The standard InChI is InChI=1S/C13H10N2OS/c1-9-2-3-11(6-14-9)15-5-4-10-7-17-8-12(10)13(15)16/h2-8H,1H3. The van der Waals surface area contributed by atoms with E-state index >= 15 is 0 Å². The molecule has 0 bridgehead atoms. The summed E-state index contributed by atoms with van der Waals surface area (Å²) < 4.78 is 1.63. The third-order valence-corrected chi connectivity index (χ3v) is 3.48. The van der Waals surface area contributed by atoms with Gasteiger partial charge in [-0.25, -0.2) is 0 Å². The van der Waals surface area contributed by atoms with E-state index in [9.17, 15) is 4.79 Å². The average Bonchev–Trinajstić information content (AvgIpc) is 2.80. The molecule has 17 heavy (non-hydrogen) atoms. The molecule has 0 aliphatic heterocycles. The van der Waals surface area contributed by atoms with E-state index in [0.29, 0.717) is 0 Å². The molecule has 0 spiro atoms. The smallest absolute Gasteiger partial charge is 0.263 e. The molecular weight excluding hydrogens is 232 g/mol. The summed E-state index contributed by atoms with van der Waals surface area (Å²) in [7, 11) is 0. The van der Waals surface area contributed by atoms with Crippen LogP contribution in [0.5, 0.6) is 0 Å².